The Morgan fingerprint density at radius 3 is 1.88 bits per heavy atom. The summed E-state index contributed by atoms with van der Waals surface area (Å²) in [5.74, 6) is -1.14. The number of nitrogens with zero attached hydrogens (tertiary/aromatic N) is 1. The minimum atomic E-state index is -2.96. The van der Waals surface area contributed by atoms with Crippen LogP contribution in [0.1, 0.15) is 84.3 Å². The molecule has 3 N–H and O–H groups in total. The van der Waals surface area contributed by atoms with E-state index in [-0.39, 0.29) is 42.4 Å². The number of Topliss-reactive ketones (excluding diaryl/α,β-unsaturated/α-hetero) is 1. The van der Waals surface area contributed by atoms with E-state index in [1.807, 2.05) is 111 Å². The summed E-state index contributed by atoms with van der Waals surface area (Å²) in [6, 6.07) is 33.3. The normalized spacial score (nSPS) is 20.5. The molecule has 0 aromatic heterocycles. The lowest BCUT2D eigenvalue weighted by Gasteiger charge is -2.44. The van der Waals surface area contributed by atoms with Crippen molar-refractivity contribution < 1.29 is 33.1 Å². The maximum absolute atomic E-state index is 14.4. The Bertz CT molecular complexity index is 2170. The Balaban J connectivity index is 1.20. The van der Waals surface area contributed by atoms with Crippen molar-refractivity contribution >= 4 is 48.1 Å². The monoisotopic (exact) mass is 884 g/mol. The summed E-state index contributed by atoms with van der Waals surface area (Å²) in [5, 5.41) is 10.8. The van der Waals surface area contributed by atoms with E-state index in [2.05, 4.69) is 61.0 Å². The quantitative estimate of drug-likeness (QED) is 0.0929. The summed E-state index contributed by atoms with van der Waals surface area (Å²) in [5.41, 5.74) is 1.63. The van der Waals surface area contributed by atoms with Crippen LogP contribution >= 0.6 is 0 Å². The fraction of sp³-hybridized carbons (Fsp3) is 0.404. The average molecular weight is 885 g/mol. The molecule has 2 saturated heterocycles. The molecule has 4 aromatic rings. The second kappa shape index (κ2) is 22.2. The molecule has 11 nitrogen and oxygen atoms in total. The highest BCUT2D eigenvalue weighted by Crippen LogP contribution is 2.37. The first kappa shape index (κ1) is 47.6. The van der Waals surface area contributed by atoms with Crippen molar-refractivity contribution in [3.63, 3.8) is 0 Å². The van der Waals surface area contributed by atoms with Gasteiger partial charge in [-0.1, -0.05) is 136 Å². The van der Waals surface area contributed by atoms with Gasteiger partial charge in [-0.05, 0) is 84.6 Å². The van der Waals surface area contributed by atoms with E-state index < -0.39 is 56.3 Å². The molecule has 0 bridgehead atoms. The zero-order valence-electron chi connectivity index (χ0n) is 37.9. The van der Waals surface area contributed by atoms with Crippen LogP contribution in [0.15, 0.2) is 127 Å². The standard InChI is InChI=1S/C52H64N4O7Si/c1-6-62-40-32-30-39(31-33-40)35-44-49(59)55-45(36-38-21-11-7-12-22-38)51(61)56-34-20-19-28-46(56)50(60)53-43(48(58)54-44)27-17-10-18-29-47(57)37(2)63-64(52(3,4)5,41-23-13-8-14-24-41)42-25-15-9-16-26-42/h7-16,18,21-26,30-33,37,43-46H,6,17,19-20,27-29,34-36H2,1-5H3,(H,53,60)(H,54,58)(H,55,59)/t37-,43+,44+,45+,46-/m1/s1. The molecular weight excluding hydrogens is 821 g/mol. The molecule has 0 unspecified atom stereocenters. The number of ether oxygens (including phenoxy) is 1. The molecule has 0 radical (unpaired) electrons. The summed E-state index contributed by atoms with van der Waals surface area (Å²) in [6.07, 6.45) is 5.88. The van der Waals surface area contributed by atoms with E-state index in [4.69, 9.17) is 9.16 Å². The molecule has 0 saturated carbocycles. The highest BCUT2D eigenvalue weighted by molar-refractivity contribution is 6.99. The molecule has 2 fully saturated rings. The number of piperidine rings is 1. The predicted octanol–water partition coefficient (Wildman–Crippen LogP) is 5.98. The largest absolute Gasteiger partial charge is 0.494 e. The number of hydrogen-bond donors (Lipinski definition) is 3. The van der Waals surface area contributed by atoms with E-state index in [1.165, 1.54) is 0 Å². The van der Waals surface area contributed by atoms with E-state index in [0.717, 1.165) is 34.3 Å². The number of ketones is 1. The Labute approximate surface area is 379 Å². The van der Waals surface area contributed by atoms with Crippen molar-refractivity contribution in [3.05, 3.63) is 139 Å². The highest BCUT2D eigenvalue weighted by atomic mass is 28.4. The van der Waals surface area contributed by atoms with Crippen LogP contribution in [-0.2, 0) is 41.2 Å². The van der Waals surface area contributed by atoms with Gasteiger partial charge >= 0.3 is 0 Å². The van der Waals surface area contributed by atoms with Crippen LogP contribution < -0.4 is 31.1 Å². The first-order valence-electron chi connectivity index (χ1n) is 22.7. The number of nitrogens with one attached hydrogen (secondary N) is 3. The van der Waals surface area contributed by atoms with Crippen molar-refractivity contribution in [2.24, 2.45) is 0 Å². The lowest BCUT2D eigenvalue weighted by Crippen LogP contribution is -2.68. The number of amides is 4. The number of fused-ring (bicyclic) bond motifs is 1. The topological polar surface area (TPSA) is 143 Å². The van der Waals surface area contributed by atoms with Crippen LogP contribution in [0.2, 0.25) is 5.04 Å². The number of allylic oxidation sites excluding steroid dienone is 2. The number of rotatable bonds is 16. The van der Waals surface area contributed by atoms with E-state index in [0.29, 0.717) is 31.7 Å². The van der Waals surface area contributed by atoms with Gasteiger partial charge in [0, 0.05) is 25.8 Å². The Kier molecular flexibility index (Phi) is 16.5. The van der Waals surface area contributed by atoms with Gasteiger partial charge in [-0.3, -0.25) is 24.0 Å². The average Bonchev–Trinajstić information content (AvgIpc) is 3.30. The molecular formula is C52H64N4O7Si. The van der Waals surface area contributed by atoms with Crippen molar-refractivity contribution in [1.29, 1.82) is 0 Å². The minimum absolute atomic E-state index is 0.0722. The van der Waals surface area contributed by atoms with E-state index in [9.17, 15) is 24.0 Å². The zero-order chi connectivity index (χ0) is 45.7. The minimum Gasteiger partial charge on any atom is -0.494 e. The molecule has 2 aliphatic heterocycles. The summed E-state index contributed by atoms with van der Waals surface area (Å²) in [6.45, 7) is 11.1. The van der Waals surface area contributed by atoms with Gasteiger partial charge in [0.05, 0.1) is 6.61 Å². The first-order valence-corrected chi connectivity index (χ1v) is 24.7. The summed E-state index contributed by atoms with van der Waals surface area (Å²) < 4.78 is 12.6. The highest BCUT2D eigenvalue weighted by Gasteiger charge is 2.51. The molecule has 0 spiro atoms. The Morgan fingerprint density at radius 2 is 1.27 bits per heavy atom. The second-order valence-electron chi connectivity index (χ2n) is 17.8. The lowest BCUT2D eigenvalue weighted by atomic mass is 9.96. The van der Waals surface area contributed by atoms with Crippen LogP contribution in [0.5, 0.6) is 5.75 Å². The van der Waals surface area contributed by atoms with Gasteiger partial charge in [0.1, 0.15) is 36.0 Å². The molecule has 64 heavy (non-hydrogen) atoms. The number of hydrogen-bond acceptors (Lipinski definition) is 7. The van der Waals surface area contributed by atoms with Gasteiger partial charge in [0.25, 0.3) is 8.32 Å². The van der Waals surface area contributed by atoms with Crippen LogP contribution in [0.4, 0.5) is 0 Å². The Hall–Kier alpha value is -5.85. The third-order valence-corrected chi connectivity index (χ3v) is 17.4. The molecule has 4 aromatic carbocycles. The smallest absolute Gasteiger partial charge is 0.262 e. The van der Waals surface area contributed by atoms with Gasteiger partial charge in [-0.2, -0.15) is 0 Å². The van der Waals surface area contributed by atoms with Crippen LogP contribution in [0, 0.1) is 0 Å². The molecule has 2 aliphatic rings. The summed E-state index contributed by atoms with van der Waals surface area (Å²) in [4.78, 5) is 72.5. The van der Waals surface area contributed by atoms with Crippen molar-refractivity contribution in [2.75, 3.05) is 13.2 Å². The predicted molar refractivity (Wildman–Crippen MR) is 253 cm³/mol. The maximum Gasteiger partial charge on any atom is 0.262 e. The zero-order valence-corrected chi connectivity index (χ0v) is 38.9. The van der Waals surface area contributed by atoms with Crippen LogP contribution in [0.25, 0.3) is 0 Å². The molecule has 338 valence electrons. The number of carbonyl (C=O) groups excluding carboxylic acids is 5. The van der Waals surface area contributed by atoms with Gasteiger partial charge in [0.15, 0.2) is 5.78 Å². The maximum atomic E-state index is 14.4. The molecule has 2 heterocycles. The molecule has 12 heteroatoms. The third kappa shape index (κ3) is 11.8. The van der Waals surface area contributed by atoms with Gasteiger partial charge in [-0.25, -0.2) is 0 Å². The van der Waals surface area contributed by atoms with Crippen molar-refractivity contribution in [1.82, 2.24) is 20.9 Å². The van der Waals surface area contributed by atoms with Crippen LogP contribution in [-0.4, -0.2) is 86.1 Å². The Morgan fingerprint density at radius 1 is 0.719 bits per heavy atom. The SMILES string of the molecule is CCOc1ccc(C[C@@H]2NC(=O)[C@H](CCC=CCC(=O)[C@@H](C)O[Si](c3ccccc3)(c3ccccc3)C(C)(C)C)NC(=O)[C@H]3CCCCN3C(=O)[C@H](Cc3ccccc3)NC2=O)cc1. The van der Waals surface area contributed by atoms with Gasteiger partial charge < -0.3 is 30.0 Å². The van der Waals surface area contributed by atoms with Crippen LogP contribution in [0.3, 0.4) is 0 Å². The lowest BCUT2D eigenvalue weighted by molar-refractivity contribution is -0.146. The van der Waals surface area contributed by atoms with Gasteiger partial charge in [-0.15, -0.1) is 0 Å². The van der Waals surface area contributed by atoms with Crippen molar-refractivity contribution in [2.45, 2.75) is 121 Å². The molecule has 0 aliphatic carbocycles. The molecule has 5 atom stereocenters. The van der Waals surface area contributed by atoms with Crippen molar-refractivity contribution in [3.8, 4) is 5.75 Å². The number of carbonyl (C=O) groups is 5. The second-order valence-corrected chi connectivity index (χ2v) is 22.1. The van der Waals surface area contributed by atoms with E-state index in [1.54, 1.807) is 11.0 Å². The van der Waals surface area contributed by atoms with Gasteiger partial charge in [0.2, 0.25) is 23.6 Å². The fourth-order valence-corrected chi connectivity index (χ4v) is 13.6. The first-order chi connectivity index (χ1) is 30.8. The fourth-order valence-electron chi connectivity index (χ4n) is 8.90. The van der Waals surface area contributed by atoms with E-state index >= 15 is 0 Å². The summed E-state index contributed by atoms with van der Waals surface area (Å²) in [7, 11) is -2.96. The summed E-state index contributed by atoms with van der Waals surface area (Å²) >= 11 is 0. The third-order valence-electron chi connectivity index (χ3n) is 12.3. The number of benzene rings is 4. The molecule has 6 rings (SSSR count). The molecule has 4 amide bonds.